The Morgan fingerprint density at radius 3 is 2.65 bits per heavy atom. The molecule has 2 aromatic rings. The molecular formula is C23H20F5N3O3. The quantitative estimate of drug-likeness (QED) is 0.599. The van der Waals surface area contributed by atoms with Crippen LogP contribution in [0.3, 0.4) is 0 Å². The lowest BCUT2D eigenvalue weighted by molar-refractivity contribution is -0.130. The van der Waals surface area contributed by atoms with Crippen molar-refractivity contribution >= 4 is 22.8 Å². The van der Waals surface area contributed by atoms with Gasteiger partial charge in [0.05, 0.1) is 17.8 Å². The molecule has 0 amide bonds. The second-order valence-corrected chi connectivity index (χ2v) is 8.14. The second kappa shape index (κ2) is 9.03. The van der Waals surface area contributed by atoms with Crippen LogP contribution in [0.1, 0.15) is 47.6 Å². The van der Waals surface area contributed by atoms with E-state index in [-0.39, 0.29) is 11.5 Å². The van der Waals surface area contributed by atoms with Crippen molar-refractivity contribution in [1.29, 1.82) is 0 Å². The average Bonchev–Trinajstić information content (AvgIpc) is 2.78. The summed E-state index contributed by atoms with van der Waals surface area (Å²) in [7, 11) is 0. The van der Waals surface area contributed by atoms with Crippen LogP contribution in [0.25, 0.3) is 11.1 Å². The maximum Gasteiger partial charge on any atom is 0.412 e. The second-order valence-electron chi connectivity index (χ2n) is 8.14. The van der Waals surface area contributed by atoms with E-state index in [0.717, 1.165) is 47.6 Å². The van der Waals surface area contributed by atoms with Crippen LogP contribution in [0.15, 0.2) is 41.2 Å². The van der Waals surface area contributed by atoms with Crippen molar-refractivity contribution in [3.63, 3.8) is 0 Å². The lowest BCUT2D eigenvalue weighted by Crippen LogP contribution is -2.42. The van der Waals surface area contributed by atoms with Gasteiger partial charge in [0, 0.05) is 17.3 Å². The normalized spacial score (nSPS) is 19.0. The lowest BCUT2D eigenvalue weighted by Gasteiger charge is -2.30. The number of nitrogens with zero attached hydrogens (tertiary/aromatic N) is 2. The molecule has 4 rings (SSSR count). The van der Waals surface area contributed by atoms with Gasteiger partial charge in [0.1, 0.15) is 17.8 Å². The fourth-order valence-corrected chi connectivity index (χ4v) is 4.17. The molecule has 0 fully saturated rings. The number of carbonyl (C=O) groups is 1. The Morgan fingerprint density at radius 2 is 2.00 bits per heavy atom. The van der Waals surface area contributed by atoms with E-state index in [2.05, 4.69) is 10.3 Å². The number of allylic oxidation sites excluding steroid dienone is 3. The zero-order valence-electron chi connectivity index (χ0n) is 17.7. The molecule has 2 atom stereocenters. The molecule has 2 heterocycles. The highest BCUT2D eigenvalue weighted by molar-refractivity contribution is 5.94. The van der Waals surface area contributed by atoms with E-state index >= 15 is 0 Å². The molecule has 0 saturated heterocycles. The Bertz CT molecular complexity index is 1250. The van der Waals surface area contributed by atoms with E-state index < -0.39 is 59.1 Å². The van der Waals surface area contributed by atoms with Crippen molar-refractivity contribution in [2.24, 2.45) is 0 Å². The van der Waals surface area contributed by atoms with E-state index in [1.165, 1.54) is 6.07 Å². The Hall–Kier alpha value is -3.50. The first kappa shape index (κ1) is 23.7. The van der Waals surface area contributed by atoms with Gasteiger partial charge in [-0.15, -0.1) is 0 Å². The fourth-order valence-electron chi connectivity index (χ4n) is 4.17. The van der Waals surface area contributed by atoms with Crippen LogP contribution in [0.2, 0.25) is 0 Å². The average molecular weight is 481 g/mol. The number of halogens is 5. The van der Waals surface area contributed by atoms with Crippen molar-refractivity contribution in [3.05, 3.63) is 69.7 Å². The van der Waals surface area contributed by atoms with Crippen molar-refractivity contribution in [1.82, 2.24) is 9.55 Å². The first-order chi connectivity index (χ1) is 16.0. The maximum atomic E-state index is 14.5. The first-order valence-corrected chi connectivity index (χ1v) is 10.6. The number of alkyl halides is 4. The topological polar surface area (TPSA) is 84.2 Å². The summed E-state index contributed by atoms with van der Waals surface area (Å²) in [4.78, 5) is 28.5. The highest BCUT2D eigenvalue weighted by Crippen LogP contribution is 2.37. The van der Waals surface area contributed by atoms with Gasteiger partial charge < -0.3 is 10.4 Å². The minimum absolute atomic E-state index is 0.230. The van der Waals surface area contributed by atoms with Gasteiger partial charge in [-0.25, -0.2) is 18.6 Å². The Labute approximate surface area is 190 Å². The van der Waals surface area contributed by atoms with Crippen LogP contribution in [0.4, 0.5) is 27.6 Å². The molecule has 180 valence electrons. The molecule has 1 unspecified atom stereocenters. The van der Waals surface area contributed by atoms with Crippen molar-refractivity contribution in [3.8, 4) is 0 Å². The zero-order chi connectivity index (χ0) is 24.6. The highest BCUT2D eigenvalue weighted by Gasteiger charge is 2.45. The molecule has 11 heteroatoms. The molecule has 1 aliphatic carbocycles. The third kappa shape index (κ3) is 4.73. The van der Waals surface area contributed by atoms with E-state index in [0.29, 0.717) is 12.5 Å². The molecule has 1 aromatic heterocycles. The van der Waals surface area contributed by atoms with Gasteiger partial charge in [-0.1, -0.05) is 6.08 Å². The number of aromatic nitrogens is 2. The van der Waals surface area contributed by atoms with Crippen molar-refractivity contribution in [2.45, 2.75) is 50.6 Å². The van der Waals surface area contributed by atoms with Gasteiger partial charge >= 0.3 is 12.1 Å². The summed E-state index contributed by atoms with van der Waals surface area (Å²) in [6, 6.07) is 0.824. The van der Waals surface area contributed by atoms with E-state index in [4.69, 9.17) is 0 Å². The number of anilines is 1. The molecular weight excluding hydrogens is 461 g/mol. The summed E-state index contributed by atoms with van der Waals surface area (Å²) in [6.45, 7) is -0.495. The van der Waals surface area contributed by atoms with Crippen molar-refractivity contribution < 1.29 is 31.9 Å². The molecule has 0 spiro atoms. The monoisotopic (exact) mass is 481 g/mol. The highest BCUT2D eigenvalue weighted by atomic mass is 19.4. The van der Waals surface area contributed by atoms with Crippen molar-refractivity contribution in [2.75, 3.05) is 5.32 Å². The molecule has 1 aromatic carbocycles. The predicted molar refractivity (Wildman–Crippen MR) is 115 cm³/mol. The van der Waals surface area contributed by atoms with Gasteiger partial charge in [0.15, 0.2) is 6.04 Å². The number of carboxylic acid groups (broad SMARTS) is 1. The summed E-state index contributed by atoms with van der Waals surface area (Å²) >= 11 is 0. The first-order valence-electron chi connectivity index (χ1n) is 10.6. The molecule has 2 N–H and O–H groups in total. The summed E-state index contributed by atoms with van der Waals surface area (Å²) in [5.74, 6) is -2.95. The lowest BCUT2D eigenvalue weighted by atomic mass is 9.96. The smallest absolute Gasteiger partial charge is 0.412 e. The number of carboxylic acids is 1. The SMILES string of the molecule is O=C(O)c1cc(F)ccc1N[C@@H](C1=CC(F)Cn2c1nc(C1=CCCCC1)cc2=O)C(F)(F)F. The van der Waals surface area contributed by atoms with Gasteiger partial charge in [0.25, 0.3) is 5.56 Å². The van der Waals surface area contributed by atoms with Crippen LogP contribution in [-0.4, -0.2) is 39.0 Å². The predicted octanol–water partition coefficient (Wildman–Crippen LogP) is 4.82. The van der Waals surface area contributed by atoms with Crippen LogP contribution < -0.4 is 10.9 Å². The Morgan fingerprint density at radius 1 is 1.24 bits per heavy atom. The molecule has 0 radical (unpaired) electrons. The Balaban J connectivity index is 1.84. The van der Waals surface area contributed by atoms with Crippen LogP contribution in [-0.2, 0) is 6.54 Å². The molecule has 6 nitrogen and oxygen atoms in total. The standard InChI is InChI=1S/C23H20F5N3O3/c24-13-6-7-17(15(8-13)22(33)34)29-20(23(26,27)28)16-9-14(25)11-31-19(32)10-18(30-21(16)31)12-4-2-1-3-5-12/h4,6-10,14,20,29H,1-3,5,11H2,(H,33,34)/t14?,20-/m0/s1. The third-order valence-electron chi connectivity index (χ3n) is 5.75. The third-order valence-corrected chi connectivity index (χ3v) is 5.75. The van der Waals surface area contributed by atoms with E-state index in [9.17, 15) is 36.6 Å². The minimum Gasteiger partial charge on any atom is -0.478 e. The molecule has 34 heavy (non-hydrogen) atoms. The number of nitrogens with one attached hydrogen (secondary N) is 1. The molecule has 0 bridgehead atoms. The summed E-state index contributed by atoms with van der Waals surface area (Å²) in [5, 5.41) is 11.4. The zero-order valence-corrected chi connectivity index (χ0v) is 17.7. The largest absolute Gasteiger partial charge is 0.478 e. The minimum atomic E-state index is -5.03. The Kier molecular flexibility index (Phi) is 6.28. The summed E-state index contributed by atoms with van der Waals surface area (Å²) < 4.78 is 71.5. The summed E-state index contributed by atoms with van der Waals surface area (Å²) in [6.07, 6.45) is -1.17. The molecule has 2 aliphatic rings. The number of rotatable bonds is 5. The molecule has 1 aliphatic heterocycles. The fraction of sp³-hybridized carbons (Fsp3) is 0.348. The van der Waals surface area contributed by atoms with Gasteiger partial charge in [-0.3, -0.25) is 9.36 Å². The maximum absolute atomic E-state index is 14.5. The number of hydrogen-bond acceptors (Lipinski definition) is 4. The number of benzene rings is 1. The number of aromatic carboxylic acids is 1. The van der Waals surface area contributed by atoms with Crippen LogP contribution in [0.5, 0.6) is 0 Å². The van der Waals surface area contributed by atoms with Gasteiger partial charge in [0.2, 0.25) is 0 Å². The number of hydrogen-bond donors (Lipinski definition) is 2. The van der Waals surface area contributed by atoms with E-state index in [1.54, 1.807) is 0 Å². The van der Waals surface area contributed by atoms with Crippen LogP contribution >= 0.6 is 0 Å². The van der Waals surface area contributed by atoms with E-state index in [1.807, 2.05) is 6.08 Å². The van der Waals surface area contributed by atoms with Gasteiger partial charge in [-0.2, -0.15) is 13.2 Å². The van der Waals surface area contributed by atoms with Crippen LogP contribution in [0, 0.1) is 5.82 Å². The summed E-state index contributed by atoms with van der Waals surface area (Å²) in [5.41, 5.74) is -1.62. The van der Waals surface area contributed by atoms with Gasteiger partial charge in [-0.05, 0) is 55.5 Å². The number of fused-ring (bicyclic) bond motifs is 1. The molecule has 0 saturated carbocycles.